The first-order valence-corrected chi connectivity index (χ1v) is 4.47. The van der Waals surface area contributed by atoms with Gasteiger partial charge in [0.05, 0.1) is 0 Å². The molecule has 0 saturated carbocycles. The fourth-order valence-corrected chi connectivity index (χ4v) is 1.67. The van der Waals surface area contributed by atoms with Crippen LogP contribution in [0.5, 0.6) is 0 Å². The second-order valence-corrected chi connectivity index (χ2v) is 4.16. The summed E-state index contributed by atoms with van der Waals surface area (Å²) in [5, 5.41) is 0. The number of rotatable bonds is 2. The van der Waals surface area contributed by atoms with Gasteiger partial charge in [-0.2, -0.15) is 0 Å². The summed E-state index contributed by atoms with van der Waals surface area (Å²) in [7, 11) is 0. The maximum atomic E-state index is 5.57. The Hall–Kier alpha value is 0.425. The molecule has 0 spiro atoms. The Balaban J connectivity index is 0.000000980. The molecule has 3 nitrogen and oxygen atoms in total. The molecule has 3 aliphatic rings. The van der Waals surface area contributed by atoms with E-state index in [4.69, 9.17) is 14.0 Å². The second-order valence-electron chi connectivity index (χ2n) is 4.16. The van der Waals surface area contributed by atoms with Crippen molar-refractivity contribution < 1.29 is 43.5 Å². The van der Waals surface area contributed by atoms with Gasteiger partial charge in [0.15, 0.2) is 0 Å². The normalized spacial score (nSPS) is 40.1. The zero-order valence-corrected chi connectivity index (χ0v) is 10.9. The first-order valence-electron chi connectivity index (χ1n) is 4.47. The van der Waals surface area contributed by atoms with Crippen LogP contribution in [0.4, 0.5) is 0 Å². The van der Waals surface area contributed by atoms with E-state index in [0.29, 0.717) is 25.3 Å². The Kier molecular flexibility index (Phi) is 3.68. The van der Waals surface area contributed by atoms with Gasteiger partial charge in [-0.05, 0) is 0 Å². The molecule has 3 heterocycles. The molecule has 3 fully saturated rings. The molecule has 72 valence electrons. The molecule has 3 rings (SSSR count). The van der Waals surface area contributed by atoms with Crippen LogP contribution < -0.4 is 29.6 Å². The molecule has 0 aliphatic carbocycles. The largest absolute Gasteiger partial charge is 1.00 e. The van der Waals surface area contributed by atoms with Gasteiger partial charge in [0.1, 0.15) is 0 Å². The molecule has 0 aromatic rings. The molecule has 0 aromatic carbocycles. The summed E-state index contributed by atoms with van der Waals surface area (Å²) in [5.41, 5.74) is 0.715. The maximum absolute atomic E-state index is 5.57. The van der Waals surface area contributed by atoms with Crippen LogP contribution in [0.25, 0.3) is 0 Å². The van der Waals surface area contributed by atoms with E-state index in [1.54, 1.807) is 6.08 Å². The zero-order chi connectivity index (χ0) is 9.53. The Labute approximate surface area is 107 Å². The minimum atomic E-state index is -1.72. The number of fused-ring (bicyclic) bond motifs is 3. The third kappa shape index (κ3) is 1.87. The van der Waals surface area contributed by atoms with Crippen LogP contribution in [-0.2, 0) is 14.0 Å². The molecule has 5 heteroatoms. The van der Waals surface area contributed by atoms with Crippen molar-refractivity contribution in [3.63, 3.8) is 0 Å². The third-order valence-electron chi connectivity index (χ3n) is 2.67. The Morgan fingerprint density at radius 2 is 1.71 bits per heavy atom. The van der Waals surface area contributed by atoms with Crippen molar-refractivity contribution in [2.45, 2.75) is 6.92 Å². The van der Waals surface area contributed by atoms with E-state index in [9.17, 15) is 0 Å². The summed E-state index contributed by atoms with van der Waals surface area (Å²) in [6.45, 7) is 9.87. The van der Waals surface area contributed by atoms with Crippen LogP contribution in [0, 0.1) is 5.41 Å². The van der Waals surface area contributed by atoms with E-state index in [-0.39, 0.29) is 35.0 Å². The molecule has 0 amide bonds. The quantitative estimate of drug-likeness (QED) is 0.396. The second kappa shape index (κ2) is 4.12. The topological polar surface area (TPSA) is 27.7 Å². The molecule has 0 radical (unpaired) electrons. The van der Waals surface area contributed by atoms with Gasteiger partial charge in [0.2, 0.25) is 0 Å². The fourth-order valence-electron chi connectivity index (χ4n) is 1.67. The van der Waals surface area contributed by atoms with Gasteiger partial charge in [-0.1, -0.05) is 13.0 Å². The van der Waals surface area contributed by atoms with Crippen LogP contribution in [0.2, 0.25) is 0 Å². The minimum Gasteiger partial charge on any atom is -0.540 e. The number of hydrogen-bond donors (Lipinski definition) is 0. The van der Waals surface area contributed by atoms with E-state index in [0.717, 1.165) is 0 Å². The molecular weight excluding hydrogens is 190 g/mol. The van der Waals surface area contributed by atoms with Crippen molar-refractivity contribution in [3.8, 4) is 0 Å². The van der Waals surface area contributed by atoms with Crippen LogP contribution >= 0.6 is 0 Å². The van der Waals surface area contributed by atoms with E-state index in [2.05, 4.69) is 20.1 Å². The first-order chi connectivity index (χ1) is 6.10. The van der Waals surface area contributed by atoms with E-state index in [1.165, 1.54) is 0 Å². The minimum absolute atomic E-state index is 0. The first kappa shape index (κ1) is 12.5. The van der Waals surface area contributed by atoms with Crippen molar-refractivity contribution in [3.05, 3.63) is 24.7 Å². The van der Waals surface area contributed by atoms with Crippen molar-refractivity contribution in [1.82, 2.24) is 0 Å². The summed E-state index contributed by atoms with van der Waals surface area (Å²) in [5.74, 6) is 0. The molecule has 2 bridgehead atoms. The summed E-state index contributed by atoms with van der Waals surface area (Å²) < 4.78 is 16.7. The van der Waals surface area contributed by atoms with Gasteiger partial charge in [0, 0.05) is 25.2 Å². The van der Waals surface area contributed by atoms with Gasteiger partial charge < -0.3 is 14.0 Å². The third-order valence-corrected chi connectivity index (χ3v) is 2.67. The average Bonchev–Trinajstić information content (AvgIpc) is 2.18. The molecule has 0 aromatic heterocycles. The number of allylic oxidation sites excluding steroid dienone is 2. The van der Waals surface area contributed by atoms with E-state index >= 15 is 0 Å². The maximum Gasteiger partial charge on any atom is 1.00 e. The van der Waals surface area contributed by atoms with E-state index in [1.807, 2.05) is 0 Å². The van der Waals surface area contributed by atoms with E-state index < -0.39 is 6.75 Å². The average molecular weight is 204 g/mol. The van der Waals surface area contributed by atoms with Gasteiger partial charge in [0.25, 0.3) is 0 Å². The zero-order valence-electron chi connectivity index (χ0n) is 8.91. The van der Waals surface area contributed by atoms with Gasteiger partial charge in [-0.15, -0.1) is 18.6 Å². The monoisotopic (exact) mass is 204 g/mol. The van der Waals surface area contributed by atoms with Gasteiger partial charge in [-0.25, -0.2) is 0 Å². The molecule has 0 N–H and O–H groups in total. The van der Waals surface area contributed by atoms with Crippen molar-refractivity contribution >= 4 is 6.75 Å². The van der Waals surface area contributed by atoms with Crippen LogP contribution in [0.3, 0.4) is 0 Å². The number of hydrogen-bond acceptors (Lipinski definition) is 3. The van der Waals surface area contributed by atoms with Crippen LogP contribution in [0.15, 0.2) is 24.7 Å². The van der Waals surface area contributed by atoms with Crippen molar-refractivity contribution in [2.75, 3.05) is 19.8 Å². The molecular formula is C9H14BNaO3. The Morgan fingerprint density at radius 1 is 1.29 bits per heavy atom. The SMILES string of the molecule is C=CC(=C)[B-]12OCC(C)(CO1)CO2.[Na+]. The van der Waals surface area contributed by atoms with Crippen molar-refractivity contribution in [1.29, 1.82) is 0 Å². The molecule has 0 atom stereocenters. The van der Waals surface area contributed by atoms with Gasteiger partial charge in [-0.3, -0.25) is 0 Å². The predicted molar refractivity (Wildman–Crippen MR) is 51.1 cm³/mol. The Bertz CT molecular complexity index is 242. The fraction of sp³-hybridized carbons (Fsp3) is 0.556. The van der Waals surface area contributed by atoms with Gasteiger partial charge >= 0.3 is 36.3 Å². The summed E-state index contributed by atoms with van der Waals surface area (Å²) in [6, 6.07) is 0. The molecule has 0 unspecified atom stereocenters. The predicted octanol–water partition coefficient (Wildman–Crippen LogP) is -1.71. The standard InChI is InChI=1S/C9H14BO3.Na/c1-4-8(2)10-11-5-9(3,6-12-10)7-13-10;/h4H,1-2,5-7H2,3H3;/q-1;+1. The Morgan fingerprint density at radius 3 is 2.07 bits per heavy atom. The van der Waals surface area contributed by atoms with Crippen LogP contribution in [-0.4, -0.2) is 26.6 Å². The molecule has 14 heavy (non-hydrogen) atoms. The van der Waals surface area contributed by atoms with Crippen molar-refractivity contribution in [2.24, 2.45) is 5.41 Å². The smallest absolute Gasteiger partial charge is 0.540 e. The molecule has 3 aliphatic heterocycles. The van der Waals surface area contributed by atoms with Crippen LogP contribution in [0.1, 0.15) is 6.92 Å². The summed E-state index contributed by atoms with van der Waals surface area (Å²) >= 11 is 0. The summed E-state index contributed by atoms with van der Waals surface area (Å²) in [4.78, 5) is 0. The summed E-state index contributed by atoms with van der Waals surface area (Å²) in [6.07, 6.45) is 1.63. The molecule has 3 saturated heterocycles.